The van der Waals surface area contributed by atoms with Crippen molar-refractivity contribution in [2.75, 3.05) is 12.4 Å². The van der Waals surface area contributed by atoms with Crippen molar-refractivity contribution in [2.45, 2.75) is 19.5 Å². The standard InChI is InChI=1S/C21H20N6O3/c1-13(14-6-5-9-22-11-14)23-21-24-15(10-18(28)25-21)12-27-20(29)17-8-4-3-7-16(17)19(26-27)30-2/h3-11,13H,12H2,1-2H3,(H2,23,24,25,28)/t13-/m1/s1. The van der Waals surface area contributed by atoms with Gasteiger partial charge in [-0.2, -0.15) is 0 Å². The van der Waals surface area contributed by atoms with Gasteiger partial charge in [-0.05, 0) is 30.7 Å². The fourth-order valence-electron chi connectivity index (χ4n) is 3.19. The van der Waals surface area contributed by atoms with Crippen LogP contribution in [0.2, 0.25) is 0 Å². The predicted octanol–water partition coefficient (Wildman–Crippen LogP) is 2.10. The molecule has 0 saturated carbocycles. The fraction of sp³-hybridized carbons (Fsp3) is 0.190. The second-order valence-electron chi connectivity index (χ2n) is 6.76. The SMILES string of the molecule is COc1nn(Cc2cc(=O)[nH]c(N[C@H](C)c3cccnc3)n2)c(=O)c2ccccc12. The second-order valence-corrected chi connectivity index (χ2v) is 6.76. The molecule has 0 aliphatic rings. The highest BCUT2D eigenvalue weighted by Gasteiger charge is 2.13. The van der Waals surface area contributed by atoms with Crippen molar-refractivity contribution in [2.24, 2.45) is 0 Å². The first-order chi connectivity index (χ1) is 14.5. The summed E-state index contributed by atoms with van der Waals surface area (Å²) in [7, 11) is 1.50. The van der Waals surface area contributed by atoms with Crippen LogP contribution in [0.25, 0.3) is 10.8 Å². The van der Waals surface area contributed by atoms with E-state index in [2.05, 4.69) is 25.4 Å². The molecule has 0 radical (unpaired) electrons. The van der Waals surface area contributed by atoms with Crippen molar-refractivity contribution in [1.82, 2.24) is 24.7 Å². The van der Waals surface area contributed by atoms with Crippen molar-refractivity contribution in [3.63, 3.8) is 0 Å². The Kier molecular flexibility index (Phi) is 5.25. The van der Waals surface area contributed by atoms with Crippen LogP contribution >= 0.6 is 0 Å². The Labute approximate surface area is 171 Å². The summed E-state index contributed by atoms with van der Waals surface area (Å²) >= 11 is 0. The molecule has 30 heavy (non-hydrogen) atoms. The Balaban J connectivity index is 1.67. The average Bonchev–Trinajstić information content (AvgIpc) is 2.76. The van der Waals surface area contributed by atoms with Gasteiger partial charge in [0.2, 0.25) is 11.8 Å². The van der Waals surface area contributed by atoms with Crippen LogP contribution in [0, 0.1) is 0 Å². The minimum atomic E-state index is -0.332. The summed E-state index contributed by atoms with van der Waals surface area (Å²) in [5, 5.41) is 8.55. The third-order valence-corrected chi connectivity index (χ3v) is 4.67. The number of ether oxygens (including phenoxy) is 1. The third-order valence-electron chi connectivity index (χ3n) is 4.67. The Morgan fingerprint density at radius 2 is 1.97 bits per heavy atom. The third kappa shape index (κ3) is 3.90. The van der Waals surface area contributed by atoms with Gasteiger partial charge in [-0.25, -0.2) is 9.67 Å². The number of pyridine rings is 1. The average molecular weight is 404 g/mol. The van der Waals surface area contributed by atoms with E-state index in [0.717, 1.165) is 5.56 Å². The van der Waals surface area contributed by atoms with Crippen LogP contribution in [0.1, 0.15) is 24.2 Å². The van der Waals surface area contributed by atoms with E-state index in [0.29, 0.717) is 28.3 Å². The van der Waals surface area contributed by atoms with Gasteiger partial charge in [0, 0.05) is 18.5 Å². The lowest BCUT2D eigenvalue weighted by molar-refractivity contribution is 0.385. The van der Waals surface area contributed by atoms with E-state index in [4.69, 9.17) is 4.74 Å². The van der Waals surface area contributed by atoms with Crippen molar-refractivity contribution < 1.29 is 4.74 Å². The van der Waals surface area contributed by atoms with Gasteiger partial charge in [0.05, 0.1) is 36.2 Å². The van der Waals surface area contributed by atoms with Crippen LogP contribution in [0.4, 0.5) is 5.95 Å². The van der Waals surface area contributed by atoms with E-state index in [1.165, 1.54) is 17.9 Å². The number of aromatic amines is 1. The Morgan fingerprint density at radius 1 is 1.17 bits per heavy atom. The normalized spacial score (nSPS) is 11.9. The molecule has 0 bridgehead atoms. The molecule has 0 fully saturated rings. The Bertz CT molecular complexity index is 1300. The molecule has 0 amide bonds. The molecule has 1 atom stereocenters. The summed E-state index contributed by atoms with van der Waals surface area (Å²) in [4.78, 5) is 36.2. The number of fused-ring (bicyclic) bond motifs is 1. The van der Waals surface area contributed by atoms with Crippen LogP contribution in [-0.2, 0) is 6.54 Å². The number of methoxy groups -OCH3 is 1. The maximum atomic E-state index is 12.8. The van der Waals surface area contributed by atoms with E-state index >= 15 is 0 Å². The van der Waals surface area contributed by atoms with Crippen molar-refractivity contribution in [3.05, 3.63) is 86.8 Å². The van der Waals surface area contributed by atoms with E-state index in [1.807, 2.05) is 25.1 Å². The lowest BCUT2D eigenvalue weighted by atomic mass is 10.1. The lowest BCUT2D eigenvalue weighted by Gasteiger charge is -2.15. The Hall–Kier alpha value is -4.01. The molecule has 0 spiro atoms. The van der Waals surface area contributed by atoms with Gasteiger partial charge in [0.1, 0.15) is 0 Å². The number of hydrogen-bond donors (Lipinski definition) is 2. The number of nitrogens with one attached hydrogen (secondary N) is 2. The maximum absolute atomic E-state index is 12.8. The molecule has 4 rings (SSSR count). The number of rotatable bonds is 6. The highest BCUT2D eigenvalue weighted by atomic mass is 16.5. The first kappa shape index (κ1) is 19.3. The van der Waals surface area contributed by atoms with E-state index in [-0.39, 0.29) is 23.7 Å². The van der Waals surface area contributed by atoms with Gasteiger partial charge in [-0.1, -0.05) is 18.2 Å². The molecule has 0 unspecified atom stereocenters. The highest BCUT2D eigenvalue weighted by molar-refractivity contribution is 5.85. The topological polar surface area (TPSA) is 115 Å². The van der Waals surface area contributed by atoms with Gasteiger partial charge >= 0.3 is 0 Å². The number of anilines is 1. The summed E-state index contributed by atoms with van der Waals surface area (Å²) < 4.78 is 6.58. The molecule has 3 heterocycles. The lowest BCUT2D eigenvalue weighted by Crippen LogP contribution is -2.26. The summed E-state index contributed by atoms with van der Waals surface area (Å²) in [6.07, 6.45) is 3.43. The van der Waals surface area contributed by atoms with Crippen molar-refractivity contribution >= 4 is 16.7 Å². The van der Waals surface area contributed by atoms with Gasteiger partial charge < -0.3 is 10.1 Å². The van der Waals surface area contributed by atoms with E-state index < -0.39 is 0 Å². The molecule has 9 nitrogen and oxygen atoms in total. The molecule has 0 aliphatic carbocycles. The van der Waals surface area contributed by atoms with Gasteiger partial charge in [0.25, 0.3) is 11.1 Å². The van der Waals surface area contributed by atoms with Gasteiger partial charge in [0.15, 0.2) is 0 Å². The maximum Gasteiger partial charge on any atom is 0.275 e. The summed E-state index contributed by atoms with van der Waals surface area (Å²) in [6, 6.07) is 12.1. The van der Waals surface area contributed by atoms with Crippen LogP contribution in [0.5, 0.6) is 5.88 Å². The number of nitrogens with zero attached hydrogens (tertiary/aromatic N) is 4. The van der Waals surface area contributed by atoms with Crippen LogP contribution < -0.4 is 21.2 Å². The van der Waals surface area contributed by atoms with Crippen LogP contribution in [-0.4, -0.2) is 31.8 Å². The Morgan fingerprint density at radius 3 is 2.70 bits per heavy atom. The van der Waals surface area contributed by atoms with Crippen molar-refractivity contribution in [3.8, 4) is 5.88 Å². The second kappa shape index (κ2) is 8.16. The van der Waals surface area contributed by atoms with Crippen molar-refractivity contribution in [1.29, 1.82) is 0 Å². The molecular weight excluding hydrogens is 384 g/mol. The number of H-pyrrole nitrogens is 1. The minimum Gasteiger partial charge on any atom is -0.480 e. The molecule has 0 saturated heterocycles. The first-order valence-corrected chi connectivity index (χ1v) is 9.35. The largest absolute Gasteiger partial charge is 0.480 e. The molecular formula is C21H20N6O3. The molecule has 152 valence electrons. The summed E-state index contributed by atoms with van der Waals surface area (Å²) in [5.74, 6) is 0.633. The number of benzene rings is 1. The molecule has 0 aliphatic heterocycles. The fourth-order valence-corrected chi connectivity index (χ4v) is 3.19. The van der Waals surface area contributed by atoms with E-state index in [9.17, 15) is 9.59 Å². The smallest absolute Gasteiger partial charge is 0.275 e. The quantitative estimate of drug-likeness (QED) is 0.506. The zero-order valence-electron chi connectivity index (χ0n) is 16.5. The minimum absolute atomic E-state index is 0.0277. The molecule has 3 aromatic heterocycles. The predicted molar refractivity (Wildman–Crippen MR) is 113 cm³/mol. The zero-order valence-corrected chi connectivity index (χ0v) is 16.5. The monoisotopic (exact) mass is 404 g/mol. The first-order valence-electron chi connectivity index (χ1n) is 9.35. The zero-order chi connectivity index (χ0) is 21.1. The van der Waals surface area contributed by atoms with Gasteiger partial charge in [-0.15, -0.1) is 5.10 Å². The van der Waals surface area contributed by atoms with E-state index in [1.54, 1.807) is 30.6 Å². The number of aromatic nitrogens is 5. The summed E-state index contributed by atoms with van der Waals surface area (Å²) in [5.41, 5.74) is 0.725. The molecule has 1 aromatic carbocycles. The molecule has 9 heteroatoms. The molecule has 2 N–H and O–H groups in total. The summed E-state index contributed by atoms with van der Waals surface area (Å²) in [6.45, 7) is 1.96. The number of hydrogen-bond acceptors (Lipinski definition) is 7. The molecule has 4 aromatic rings. The van der Waals surface area contributed by atoms with Crippen LogP contribution in [0.3, 0.4) is 0 Å². The van der Waals surface area contributed by atoms with Gasteiger partial charge in [-0.3, -0.25) is 19.6 Å². The van der Waals surface area contributed by atoms with Crippen LogP contribution in [0.15, 0.2) is 64.4 Å². The highest BCUT2D eigenvalue weighted by Crippen LogP contribution is 2.19.